The molecule has 1 fully saturated rings. The van der Waals surface area contributed by atoms with E-state index in [4.69, 9.17) is 14.2 Å². The van der Waals surface area contributed by atoms with Crippen molar-refractivity contribution in [3.05, 3.63) is 42.0 Å². The summed E-state index contributed by atoms with van der Waals surface area (Å²) >= 11 is 0. The SMILES string of the molecule is COc1cc(NC(=O)[C@@H]2CC(=O)N(c3ccc(C)cc3)C2)cc(OC)c1OC. The average molecular weight is 384 g/mol. The molecule has 0 unspecified atom stereocenters. The molecule has 0 radical (unpaired) electrons. The Bertz CT molecular complexity index is 854. The number of anilines is 2. The second kappa shape index (κ2) is 8.21. The van der Waals surface area contributed by atoms with Crippen LogP contribution in [-0.4, -0.2) is 39.7 Å². The Morgan fingerprint density at radius 2 is 1.64 bits per heavy atom. The normalized spacial score (nSPS) is 16.1. The Morgan fingerprint density at radius 1 is 1.04 bits per heavy atom. The first-order valence-electron chi connectivity index (χ1n) is 8.94. The summed E-state index contributed by atoms with van der Waals surface area (Å²) in [6, 6.07) is 11.0. The summed E-state index contributed by atoms with van der Waals surface area (Å²) in [5.41, 5.74) is 2.44. The molecule has 1 heterocycles. The van der Waals surface area contributed by atoms with Crippen molar-refractivity contribution in [1.29, 1.82) is 0 Å². The van der Waals surface area contributed by atoms with E-state index in [2.05, 4.69) is 5.32 Å². The van der Waals surface area contributed by atoms with Gasteiger partial charge in [0.05, 0.1) is 27.2 Å². The van der Waals surface area contributed by atoms with Gasteiger partial charge in [0.2, 0.25) is 17.6 Å². The van der Waals surface area contributed by atoms with Crippen LogP contribution in [0.15, 0.2) is 36.4 Å². The first-order chi connectivity index (χ1) is 13.5. The molecule has 28 heavy (non-hydrogen) atoms. The number of hydrogen-bond donors (Lipinski definition) is 1. The lowest BCUT2D eigenvalue weighted by Gasteiger charge is -2.18. The van der Waals surface area contributed by atoms with Crippen molar-refractivity contribution in [3.8, 4) is 17.2 Å². The monoisotopic (exact) mass is 384 g/mol. The first-order valence-corrected chi connectivity index (χ1v) is 8.94. The van der Waals surface area contributed by atoms with E-state index in [0.717, 1.165) is 11.3 Å². The molecule has 2 amide bonds. The quantitative estimate of drug-likeness (QED) is 0.828. The summed E-state index contributed by atoms with van der Waals surface area (Å²) in [5, 5.41) is 2.85. The number of hydrogen-bond acceptors (Lipinski definition) is 5. The number of nitrogens with zero attached hydrogens (tertiary/aromatic N) is 1. The molecule has 1 N–H and O–H groups in total. The first kappa shape index (κ1) is 19.5. The van der Waals surface area contributed by atoms with Crippen LogP contribution in [0.2, 0.25) is 0 Å². The third kappa shape index (κ3) is 3.88. The van der Waals surface area contributed by atoms with Gasteiger partial charge in [0, 0.05) is 36.5 Å². The van der Waals surface area contributed by atoms with Gasteiger partial charge in [-0.1, -0.05) is 17.7 Å². The summed E-state index contributed by atoms with van der Waals surface area (Å²) in [6.07, 6.45) is 0.171. The van der Waals surface area contributed by atoms with Crippen LogP contribution in [0.3, 0.4) is 0 Å². The van der Waals surface area contributed by atoms with Crippen molar-refractivity contribution in [2.24, 2.45) is 5.92 Å². The number of aryl methyl sites for hydroxylation is 1. The van der Waals surface area contributed by atoms with Crippen LogP contribution in [0.1, 0.15) is 12.0 Å². The fourth-order valence-corrected chi connectivity index (χ4v) is 3.26. The lowest BCUT2D eigenvalue weighted by Crippen LogP contribution is -2.28. The standard InChI is InChI=1S/C21H24N2O5/c1-13-5-7-16(8-6-13)23-12-14(9-19(23)24)21(25)22-15-10-17(26-2)20(28-4)18(11-15)27-3/h5-8,10-11,14H,9,12H2,1-4H3,(H,22,25)/t14-/m1/s1. The van der Waals surface area contributed by atoms with E-state index in [1.54, 1.807) is 17.0 Å². The molecule has 0 aliphatic carbocycles. The molecule has 1 saturated heterocycles. The van der Waals surface area contributed by atoms with Gasteiger partial charge in [0.25, 0.3) is 0 Å². The largest absolute Gasteiger partial charge is 0.493 e. The summed E-state index contributed by atoms with van der Waals surface area (Å²) in [6.45, 7) is 2.33. The van der Waals surface area contributed by atoms with Crippen LogP contribution >= 0.6 is 0 Å². The molecule has 1 aliphatic heterocycles. The predicted molar refractivity (Wildman–Crippen MR) is 106 cm³/mol. The van der Waals surface area contributed by atoms with Crippen LogP contribution in [-0.2, 0) is 9.59 Å². The lowest BCUT2D eigenvalue weighted by molar-refractivity contribution is -0.122. The molecule has 0 bridgehead atoms. The lowest BCUT2D eigenvalue weighted by atomic mass is 10.1. The molecule has 0 aromatic heterocycles. The predicted octanol–water partition coefficient (Wildman–Crippen LogP) is 3.01. The van der Waals surface area contributed by atoms with E-state index in [9.17, 15) is 9.59 Å². The highest BCUT2D eigenvalue weighted by Crippen LogP contribution is 2.40. The maximum atomic E-state index is 12.7. The van der Waals surface area contributed by atoms with Gasteiger partial charge in [-0.25, -0.2) is 0 Å². The number of benzene rings is 2. The van der Waals surface area contributed by atoms with Gasteiger partial charge >= 0.3 is 0 Å². The number of carbonyl (C=O) groups excluding carboxylic acids is 2. The highest BCUT2D eigenvalue weighted by Gasteiger charge is 2.35. The van der Waals surface area contributed by atoms with E-state index < -0.39 is 5.92 Å². The van der Waals surface area contributed by atoms with Crippen molar-refractivity contribution in [1.82, 2.24) is 0 Å². The Morgan fingerprint density at radius 3 is 2.18 bits per heavy atom. The highest BCUT2D eigenvalue weighted by atomic mass is 16.5. The van der Waals surface area contributed by atoms with Gasteiger partial charge in [0.15, 0.2) is 11.5 Å². The molecule has 148 valence electrons. The van der Waals surface area contributed by atoms with Gasteiger partial charge in [-0.05, 0) is 19.1 Å². The minimum Gasteiger partial charge on any atom is -0.493 e. The molecule has 3 rings (SSSR count). The Balaban J connectivity index is 1.75. The van der Waals surface area contributed by atoms with Crippen LogP contribution in [0, 0.1) is 12.8 Å². The second-order valence-corrected chi connectivity index (χ2v) is 6.64. The zero-order valence-corrected chi connectivity index (χ0v) is 16.4. The number of methoxy groups -OCH3 is 3. The molecule has 0 saturated carbocycles. The number of ether oxygens (including phenoxy) is 3. The van der Waals surface area contributed by atoms with Gasteiger partial charge in [0.1, 0.15) is 0 Å². The second-order valence-electron chi connectivity index (χ2n) is 6.64. The summed E-state index contributed by atoms with van der Waals surface area (Å²) in [5.74, 6) is 0.616. The zero-order chi connectivity index (χ0) is 20.3. The summed E-state index contributed by atoms with van der Waals surface area (Å²) < 4.78 is 15.9. The van der Waals surface area contributed by atoms with E-state index in [0.29, 0.717) is 29.5 Å². The van der Waals surface area contributed by atoms with Crippen molar-refractivity contribution in [2.75, 3.05) is 38.1 Å². The molecule has 2 aromatic carbocycles. The van der Waals surface area contributed by atoms with Gasteiger partial charge in [-0.15, -0.1) is 0 Å². The van der Waals surface area contributed by atoms with Gasteiger partial charge in [-0.2, -0.15) is 0 Å². The van der Waals surface area contributed by atoms with Crippen LogP contribution in [0.4, 0.5) is 11.4 Å². The zero-order valence-electron chi connectivity index (χ0n) is 16.4. The Labute approximate surface area is 164 Å². The Hall–Kier alpha value is -3.22. The van der Waals surface area contributed by atoms with E-state index in [1.165, 1.54) is 21.3 Å². The van der Waals surface area contributed by atoms with Crippen molar-refractivity contribution >= 4 is 23.2 Å². The van der Waals surface area contributed by atoms with Crippen molar-refractivity contribution in [3.63, 3.8) is 0 Å². The minimum atomic E-state index is -0.437. The van der Waals surface area contributed by atoms with Gasteiger partial charge in [-0.3, -0.25) is 9.59 Å². The molecular formula is C21H24N2O5. The molecule has 0 spiro atoms. The fourth-order valence-electron chi connectivity index (χ4n) is 3.26. The van der Waals surface area contributed by atoms with E-state index in [1.807, 2.05) is 31.2 Å². The maximum Gasteiger partial charge on any atom is 0.229 e. The third-order valence-corrected chi connectivity index (χ3v) is 4.77. The van der Waals surface area contributed by atoms with Crippen molar-refractivity contribution in [2.45, 2.75) is 13.3 Å². The molecule has 7 heteroatoms. The van der Waals surface area contributed by atoms with Gasteiger partial charge < -0.3 is 24.4 Å². The number of carbonyl (C=O) groups is 2. The molecular weight excluding hydrogens is 360 g/mol. The molecule has 1 atom stereocenters. The fraction of sp³-hybridized carbons (Fsp3) is 0.333. The topological polar surface area (TPSA) is 77.1 Å². The third-order valence-electron chi connectivity index (χ3n) is 4.77. The van der Waals surface area contributed by atoms with Crippen LogP contribution in [0.25, 0.3) is 0 Å². The molecule has 2 aromatic rings. The van der Waals surface area contributed by atoms with Crippen LogP contribution < -0.4 is 24.4 Å². The number of nitrogens with one attached hydrogen (secondary N) is 1. The summed E-state index contributed by atoms with van der Waals surface area (Å²) in [7, 11) is 4.54. The Kier molecular flexibility index (Phi) is 5.73. The highest BCUT2D eigenvalue weighted by molar-refractivity contribution is 6.03. The number of rotatable bonds is 6. The summed E-state index contributed by atoms with van der Waals surface area (Å²) in [4.78, 5) is 26.8. The molecule has 1 aliphatic rings. The maximum absolute atomic E-state index is 12.7. The van der Waals surface area contributed by atoms with Crippen molar-refractivity contribution < 1.29 is 23.8 Å². The van der Waals surface area contributed by atoms with Crippen LogP contribution in [0.5, 0.6) is 17.2 Å². The minimum absolute atomic E-state index is 0.0612. The van der Waals surface area contributed by atoms with E-state index in [-0.39, 0.29) is 18.2 Å². The smallest absolute Gasteiger partial charge is 0.229 e. The number of amides is 2. The molecule has 7 nitrogen and oxygen atoms in total. The van der Waals surface area contributed by atoms with E-state index >= 15 is 0 Å². The average Bonchev–Trinajstić information content (AvgIpc) is 3.09.